The standard InChI is InChI=1S/C15H20N2O3/c1-10(2)16-8-14(18)17-9-12-6-4-3-5-11(12)7-13(17)15(19)20/h3-6,10,13,16H,7-9H2,1-2H3,(H,19,20)/t13-/m1/s1. The fourth-order valence-corrected chi connectivity index (χ4v) is 2.40. The molecule has 0 fully saturated rings. The van der Waals surface area contributed by atoms with Gasteiger partial charge in [-0.05, 0) is 11.1 Å². The van der Waals surface area contributed by atoms with Crippen molar-refractivity contribution in [3.63, 3.8) is 0 Å². The molecule has 0 aliphatic carbocycles. The maximum Gasteiger partial charge on any atom is 0.326 e. The third-order valence-electron chi connectivity index (χ3n) is 3.52. The molecule has 1 aliphatic heterocycles. The van der Waals surface area contributed by atoms with Crippen LogP contribution in [0, 0.1) is 0 Å². The van der Waals surface area contributed by atoms with Crippen LogP contribution in [0.3, 0.4) is 0 Å². The first-order valence-electron chi connectivity index (χ1n) is 6.81. The molecule has 1 aliphatic rings. The van der Waals surface area contributed by atoms with Crippen LogP contribution in [0.25, 0.3) is 0 Å². The molecule has 1 atom stereocenters. The van der Waals surface area contributed by atoms with E-state index in [-0.39, 0.29) is 18.5 Å². The van der Waals surface area contributed by atoms with Gasteiger partial charge in [0.2, 0.25) is 5.91 Å². The number of carbonyl (C=O) groups is 2. The Hall–Kier alpha value is -1.88. The number of nitrogens with one attached hydrogen (secondary N) is 1. The highest BCUT2D eigenvalue weighted by molar-refractivity contribution is 5.85. The zero-order valence-electron chi connectivity index (χ0n) is 11.8. The summed E-state index contributed by atoms with van der Waals surface area (Å²) in [4.78, 5) is 25.1. The van der Waals surface area contributed by atoms with Gasteiger partial charge in [0.25, 0.3) is 0 Å². The molecule has 0 radical (unpaired) electrons. The molecule has 0 saturated heterocycles. The van der Waals surface area contributed by atoms with Gasteiger partial charge in [-0.15, -0.1) is 0 Å². The van der Waals surface area contributed by atoms with E-state index in [0.29, 0.717) is 13.0 Å². The summed E-state index contributed by atoms with van der Waals surface area (Å²) in [5.41, 5.74) is 2.05. The summed E-state index contributed by atoms with van der Waals surface area (Å²) >= 11 is 0. The highest BCUT2D eigenvalue weighted by Crippen LogP contribution is 2.23. The Bertz CT molecular complexity index is 514. The Labute approximate surface area is 118 Å². The lowest BCUT2D eigenvalue weighted by atomic mass is 9.94. The lowest BCUT2D eigenvalue weighted by Gasteiger charge is -2.34. The van der Waals surface area contributed by atoms with Crippen molar-refractivity contribution in [1.29, 1.82) is 0 Å². The fraction of sp³-hybridized carbons (Fsp3) is 0.467. The van der Waals surface area contributed by atoms with Gasteiger partial charge in [0.15, 0.2) is 0 Å². The van der Waals surface area contributed by atoms with Gasteiger partial charge in [-0.2, -0.15) is 0 Å². The van der Waals surface area contributed by atoms with Gasteiger partial charge in [-0.25, -0.2) is 4.79 Å². The third-order valence-corrected chi connectivity index (χ3v) is 3.52. The summed E-state index contributed by atoms with van der Waals surface area (Å²) in [6.07, 6.45) is 0.374. The van der Waals surface area contributed by atoms with E-state index in [1.165, 1.54) is 4.90 Å². The van der Waals surface area contributed by atoms with E-state index in [1.807, 2.05) is 38.1 Å². The Morgan fingerprint density at radius 3 is 2.60 bits per heavy atom. The van der Waals surface area contributed by atoms with Crippen LogP contribution in [0.4, 0.5) is 0 Å². The van der Waals surface area contributed by atoms with E-state index in [4.69, 9.17) is 0 Å². The largest absolute Gasteiger partial charge is 0.480 e. The van der Waals surface area contributed by atoms with E-state index < -0.39 is 12.0 Å². The van der Waals surface area contributed by atoms with Crippen molar-refractivity contribution >= 4 is 11.9 Å². The molecule has 108 valence electrons. The zero-order valence-corrected chi connectivity index (χ0v) is 11.8. The Morgan fingerprint density at radius 2 is 2.00 bits per heavy atom. The number of rotatable bonds is 4. The summed E-state index contributed by atoms with van der Waals surface area (Å²) in [7, 11) is 0. The molecule has 0 saturated carbocycles. The van der Waals surface area contributed by atoms with Crippen molar-refractivity contribution in [3.05, 3.63) is 35.4 Å². The second kappa shape index (κ2) is 6.05. The van der Waals surface area contributed by atoms with Gasteiger partial charge >= 0.3 is 5.97 Å². The van der Waals surface area contributed by atoms with Crippen LogP contribution in [0.15, 0.2) is 24.3 Å². The first-order chi connectivity index (χ1) is 9.49. The Morgan fingerprint density at radius 1 is 1.35 bits per heavy atom. The first kappa shape index (κ1) is 14.5. The zero-order chi connectivity index (χ0) is 14.7. The molecule has 1 heterocycles. The molecule has 0 spiro atoms. The predicted molar refractivity (Wildman–Crippen MR) is 75.3 cm³/mol. The molecule has 1 aromatic rings. The molecular formula is C15H20N2O3. The minimum Gasteiger partial charge on any atom is -0.480 e. The number of hydrogen-bond acceptors (Lipinski definition) is 3. The number of aliphatic carboxylic acids is 1. The third kappa shape index (κ3) is 3.17. The quantitative estimate of drug-likeness (QED) is 0.861. The summed E-state index contributed by atoms with van der Waals surface area (Å²) in [5.74, 6) is -1.11. The first-order valence-corrected chi connectivity index (χ1v) is 6.81. The smallest absolute Gasteiger partial charge is 0.326 e. The van der Waals surface area contributed by atoms with Crippen molar-refractivity contribution in [2.75, 3.05) is 6.54 Å². The van der Waals surface area contributed by atoms with Crippen molar-refractivity contribution in [2.45, 2.75) is 38.9 Å². The molecule has 20 heavy (non-hydrogen) atoms. The molecule has 1 amide bonds. The normalized spacial score (nSPS) is 17.9. The van der Waals surface area contributed by atoms with Crippen molar-refractivity contribution in [2.24, 2.45) is 0 Å². The summed E-state index contributed by atoms with van der Waals surface area (Å²) in [5, 5.41) is 12.4. The van der Waals surface area contributed by atoms with Crippen molar-refractivity contribution in [1.82, 2.24) is 10.2 Å². The lowest BCUT2D eigenvalue weighted by Crippen LogP contribution is -2.51. The van der Waals surface area contributed by atoms with Gasteiger partial charge in [0, 0.05) is 19.0 Å². The van der Waals surface area contributed by atoms with Crippen LogP contribution in [0.5, 0.6) is 0 Å². The van der Waals surface area contributed by atoms with E-state index >= 15 is 0 Å². The second-order valence-electron chi connectivity index (χ2n) is 5.38. The molecule has 0 unspecified atom stereocenters. The number of carbonyl (C=O) groups excluding carboxylic acids is 1. The molecule has 0 bridgehead atoms. The van der Waals surface area contributed by atoms with Crippen LogP contribution in [0.1, 0.15) is 25.0 Å². The maximum atomic E-state index is 12.2. The van der Waals surface area contributed by atoms with Crippen molar-refractivity contribution in [3.8, 4) is 0 Å². The summed E-state index contributed by atoms with van der Waals surface area (Å²) < 4.78 is 0. The van der Waals surface area contributed by atoms with E-state index in [0.717, 1.165) is 11.1 Å². The average molecular weight is 276 g/mol. The second-order valence-corrected chi connectivity index (χ2v) is 5.38. The minimum absolute atomic E-state index is 0.166. The van der Waals surface area contributed by atoms with Crippen LogP contribution in [-0.2, 0) is 22.6 Å². The van der Waals surface area contributed by atoms with Gasteiger partial charge in [-0.1, -0.05) is 38.1 Å². The highest BCUT2D eigenvalue weighted by atomic mass is 16.4. The SMILES string of the molecule is CC(C)NCC(=O)N1Cc2ccccc2C[C@@H]1C(=O)O. The predicted octanol–water partition coefficient (Wildman–Crippen LogP) is 1.02. The molecular weight excluding hydrogens is 256 g/mol. The molecule has 1 aromatic carbocycles. The molecule has 2 N–H and O–H groups in total. The summed E-state index contributed by atoms with van der Waals surface area (Å²) in [6.45, 7) is 4.44. The number of hydrogen-bond donors (Lipinski definition) is 2. The van der Waals surface area contributed by atoms with Gasteiger partial charge in [-0.3, -0.25) is 4.79 Å². The maximum absolute atomic E-state index is 12.2. The number of fused-ring (bicyclic) bond motifs is 1. The highest BCUT2D eigenvalue weighted by Gasteiger charge is 2.34. The van der Waals surface area contributed by atoms with Gasteiger partial charge < -0.3 is 15.3 Å². The van der Waals surface area contributed by atoms with Crippen LogP contribution >= 0.6 is 0 Å². The summed E-state index contributed by atoms with van der Waals surface area (Å²) in [6, 6.07) is 7.11. The molecule has 2 rings (SSSR count). The number of carboxylic acids is 1. The molecule has 5 heteroatoms. The Balaban J connectivity index is 2.18. The minimum atomic E-state index is -0.947. The van der Waals surface area contributed by atoms with E-state index in [9.17, 15) is 14.7 Å². The molecule has 0 aromatic heterocycles. The number of amides is 1. The van der Waals surface area contributed by atoms with Gasteiger partial charge in [0.05, 0.1) is 6.54 Å². The fourth-order valence-electron chi connectivity index (χ4n) is 2.40. The average Bonchev–Trinajstić information content (AvgIpc) is 2.43. The van der Waals surface area contributed by atoms with Crippen LogP contribution < -0.4 is 5.32 Å². The molecule has 5 nitrogen and oxygen atoms in total. The van der Waals surface area contributed by atoms with E-state index in [2.05, 4.69) is 5.32 Å². The van der Waals surface area contributed by atoms with Crippen LogP contribution in [0.2, 0.25) is 0 Å². The monoisotopic (exact) mass is 276 g/mol. The van der Waals surface area contributed by atoms with Crippen molar-refractivity contribution < 1.29 is 14.7 Å². The van der Waals surface area contributed by atoms with Crippen LogP contribution in [-0.4, -0.2) is 40.5 Å². The lowest BCUT2D eigenvalue weighted by molar-refractivity contribution is -0.151. The van der Waals surface area contributed by atoms with Gasteiger partial charge in [0.1, 0.15) is 6.04 Å². The number of carboxylic acid groups (broad SMARTS) is 1. The van der Waals surface area contributed by atoms with E-state index in [1.54, 1.807) is 0 Å². The Kier molecular flexibility index (Phi) is 4.39. The number of nitrogens with zero attached hydrogens (tertiary/aromatic N) is 1. The number of benzene rings is 1. The topological polar surface area (TPSA) is 69.6 Å².